The summed E-state index contributed by atoms with van der Waals surface area (Å²) < 4.78 is 1.67. The van der Waals surface area contributed by atoms with Crippen LogP contribution in [0.2, 0.25) is 0 Å². The Balaban J connectivity index is 1.84. The van der Waals surface area contributed by atoms with E-state index in [-0.39, 0.29) is 29.3 Å². The van der Waals surface area contributed by atoms with Gasteiger partial charge in [-0.15, -0.1) is 0 Å². The van der Waals surface area contributed by atoms with Gasteiger partial charge in [-0.25, -0.2) is 0 Å². The van der Waals surface area contributed by atoms with Gasteiger partial charge in [0, 0.05) is 30.0 Å². The molecule has 0 saturated carbocycles. The predicted octanol–water partition coefficient (Wildman–Crippen LogP) is 1.32. The largest absolute Gasteiger partial charge is 0.348 e. The highest BCUT2D eigenvalue weighted by molar-refractivity contribution is 5.95. The second-order valence-electron chi connectivity index (χ2n) is 7.19. The number of carbonyl (C=O) groups excluding carboxylic acids is 1. The van der Waals surface area contributed by atoms with Crippen molar-refractivity contribution in [1.29, 1.82) is 0 Å². The van der Waals surface area contributed by atoms with Gasteiger partial charge in [0.25, 0.3) is 17.0 Å². The molecular weight excluding hydrogens is 344 g/mol. The Hall–Kier alpha value is -2.67. The smallest absolute Gasteiger partial charge is 0.263 e. The first kappa shape index (κ1) is 19.1. The molecule has 27 heavy (non-hydrogen) atoms. The minimum absolute atomic E-state index is 0.0847. The summed E-state index contributed by atoms with van der Waals surface area (Å²) in [7, 11) is 0. The maximum absolute atomic E-state index is 12.9. The summed E-state index contributed by atoms with van der Waals surface area (Å²) in [5, 5.41) is 6.02. The van der Waals surface area contributed by atoms with Crippen molar-refractivity contribution in [3.63, 3.8) is 0 Å². The summed E-state index contributed by atoms with van der Waals surface area (Å²) in [6, 6.07) is 3.77. The molecule has 0 bridgehead atoms. The fourth-order valence-electron chi connectivity index (χ4n) is 3.65. The van der Waals surface area contributed by atoms with Crippen molar-refractivity contribution in [3.05, 3.63) is 67.0 Å². The molecule has 0 spiro atoms. The normalized spacial score (nSPS) is 14.9. The number of H-pyrrole nitrogens is 1. The molecule has 3 heterocycles. The van der Waals surface area contributed by atoms with Crippen molar-refractivity contribution in [2.75, 3.05) is 13.1 Å². The van der Waals surface area contributed by atoms with Gasteiger partial charge in [-0.2, -0.15) is 0 Å². The van der Waals surface area contributed by atoms with E-state index >= 15 is 0 Å². The third kappa shape index (κ3) is 4.03. The monoisotopic (exact) mass is 370 g/mol. The van der Waals surface area contributed by atoms with Crippen molar-refractivity contribution < 1.29 is 4.79 Å². The quantitative estimate of drug-likeness (QED) is 0.756. The minimum atomic E-state index is -0.444. The second-order valence-corrected chi connectivity index (χ2v) is 7.19. The van der Waals surface area contributed by atoms with E-state index in [4.69, 9.17) is 0 Å². The molecule has 2 aromatic heterocycles. The molecular formula is C20H26N4O3. The van der Waals surface area contributed by atoms with E-state index in [1.807, 2.05) is 26.0 Å². The highest BCUT2D eigenvalue weighted by atomic mass is 16.2. The Morgan fingerprint density at radius 3 is 2.56 bits per heavy atom. The fourth-order valence-corrected chi connectivity index (χ4v) is 3.65. The van der Waals surface area contributed by atoms with E-state index in [0.29, 0.717) is 11.1 Å². The van der Waals surface area contributed by atoms with Gasteiger partial charge in [0.05, 0.1) is 0 Å². The van der Waals surface area contributed by atoms with Gasteiger partial charge in [0.1, 0.15) is 5.56 Å². The molecule has 0 aliphatic carbocycles. The number of rotatable bonds is 4. The summed E-state index contributed by atoms with van der Waals surface area (Å²) in [4.78, 5) is 40.5. The van der Waals surface area contributed by atoms with Crippen LogP contribution in [0.3, 0.4) is 0 Å². The zero-order valence-electron chi connectivity index (χ0n) is 16.0. The number of nitrogens with zero attached hydrogens (tertiary/aromatic N) is 1. The summed E-state index contributed by atoms with van der Waals surface area (Å²) in [6.45, 7) is 7.22. The number of piperidine rings is 1. The zero-order valence-corrected chi connectivity index (χ0v) is 16.0. The lowest BCUT2D eigenvalue weighted by molar-refractivity contribution is 0.0947. The number of carbonyl (C=O) groups is 1. The van der Waals surface area contributed by atoms with Gasteiger partial charge in [0.2, 0.25) is 0 Å². The third-order valence-corrected chi connectivity index (χ3v) is 5.18. The number of aryl methyl sites for hydroxylation is 3. The number of amides is 1. The minimum Gasteiger partial charge on any atom is -0.348 e. The second kappa shape index (κ2) is 7.92. The molecule has 3 N–H and O–H groups in total. The van der Waals surface area contributed by atoms with Crippen LogP contribution in [0.5, 0.6) is 0 Å². The molecule has 1 amide bonds. The summed E-state index contributed by atoms with van der Waals surface area (Å²) in [6.07, 6.45) is 3.50. The molecule has 1 aliphatic heterocycles. The molecule has 7 heteroatoms. The van der Waals surface area contributed by atoms with Crippen LogP contribution in [0.1, 0.15) is 51.6 Å². The van der Waals surface area contributed by atoms with Gasteiger partial charge >= 0.3 is 0 Å². The van der Waals surface area contributed by atoms with E-state index < -0.39 is 5.91 Å². The number of hydrogen-bond donors (Lipinski definition) is 3. The molecule has 0 unspecified atom stereocenters. The Morgan fingerprint density at radius 2 is 1.89 bits per heavy atom. The first-order valence-corrected chi connectivity index (χ1v) is 9.28. The van der Waals surface area contributed by atoms with Crippen molar-refractivity contribution in [3.8, 4) is 0 Å². The molecule has 2 aromatic rings. The van der Waals surface area contributed by atoms with E-state index in [1.165, 1.54) is 0 Å². The molecule has 0 aromatic carbocycles. The van der Waals surface area contributed by atoms with Crippen LogP contribution in [-0.2, 0) is 6.54 Å². The number of nitrogens with one attached hydrogen (secondary N) is 3. The van der Waals surface area contributed by atoms with Gasteiger partial charge in [-0.05, 0) is 70.0 Å². The van der Waals surface area contributed by atoms with Gasteiger partial charge in [0.15, 0.2) is 0 Å². The topological polar surface area (TPSA) is 96.0 Å². The van der Waals surface area contributed by atoms with E-state index in [2.05, 4.69) is 15.6 Å². The summed E-state index contributed by atoms with van der Waals surface area (Å²) in [5.41, 5.74) is 2.39. The van der Waals surface area contributed by atoms with E-state index in [1.54, 1.807) is 17.7 Å². The van der Waals surface area contributed by atoms with Crippen molar-refractivity contribution >= 4 is 5.91 Å². The molecule has 1 fully saturated rings. The maximum Gasteiger partial charge on any atom is 0.263 e. The van der Waals surface area contributed by atoms with Crippen LogP contribution in [0.15, 0.2) is 27.9 Å². The van der Waals surface area contributed by atoms with E-state index in [0.717, 1.165) is 37.2 Å². The summed E-state index contributed by atoms with van der Waals surface area (Å²) >= 11 is 0. The van der Waals surface area contributed by atoms with Crippen molar-refractivity contribution in [2.45, 2.75) is 46.2 Å². The SMILES string of the molecule is Cc1cc(C)c(CNC(=O)c2c(C)ccn(C3CCNCC3)c2=O)c(=O)[nH]1. The number of hydrogen-bond acceptors (Lipinski definition) is 4. The average molecular weight is 370 g/mol. The first-order chi connectivity index (χ1) is 12.9. The molecule has 1 aliphatic rings. The zero-order chi connectivity index (χ0) is 19.6. The number of pyridine rings is 2. The Labute approximate surface area is 157 Å². The number of aromatic amines is 1. The van der Waals surface area contributed by atoms with Crippen molar-refractivity contribution in [2.24, 2.45) is 0 Å². The Bertz CT molecular complexity index is 968. The van der Waals surface area contributed by atoms with Crippen LogP contribution in [-0.4, -0.2) is 28.5 Å². The molecule has 1 saturated heterocycles. The molecule has 144 valence electrons. The number of aromatic nitrogens is 2. The fraction of sp³-hybridized carbons (Fsp3) is 0.450. The van der Waals surface area contributed by atoms with Gasteiger partial charge < -0.3 is 20.2 Å². The Morgan fingerprint density at radius 1 is 1.19 bits per heavy atom. The molecule has 3 rings (SSSR count). The highest BCUT2D eigenvalue weighted by Gasteiger charge is 2.21. The van der Waals surface area contributed by atoms with Crippen LogP contribution < -0.4 is 21.8 Å². The summed E-state index contributed by atoms with van der Waals surface area (Å²) in [5.74, 6) is -0.444. The lowest BCUT2D eigenvalue weighted by Crippen LogP contribution is -2.38. The average Bonchev–Trinajstić information content (AvgIpc) is 2.61. The Kier molecular flexibility index (Phi) is 5.60. The van der Waals surface area contributed by atoms with Gasteiger partial charge in [-0.1, -0.05) is 0 Å². The van der Waals surface area contributed by atoms with Crippen LogP contribution in [0, 0.1) is 20.8 Å². The molecule has 0 radical (unpaired) electrons. The molecule has 0 atom stereocenters. The maximum atomic E-state index is 12.9. The van der Waals surface area contributed by atoms with E-state index in [9.17, 15) is 14.4 Å². The standard InChI is InChI=1S/C20H26N4O3/c1-12-6-9-24(15-4-7-21-8-5-15)20(27)17(12)19(26)22-11-16-13(2)10-14(3)23-18(16)25/h6,9-10,15,21H,4-5,7-8,11H2,1-3H3,(H,22,26)(H,23,25). The van der Waals surface area contributed by atoms with Crippen LogP contribution in [0.4, 0.5) is 0 Å². The molecule has 7 nitrogen and oxygen atoms in total. The highest BCUT2D eigenvalue weighted by Crippen LogP contribution is 2.17. The first-order valence-electron chi connectivity index (χ1n) is 9.28. The van der Waals surface area contributed by atoms with Crippen LogP contribution >= 0.6 is 0 Å². The lowest BCUT2D eigenvalue weighted by atomic mass is 10.0. The third-order valence-electron chi connectivity index (χ3n) is 5.18. The van der Waals surface area contributed by atoms with Crippen LogP contribution in [0.25, 0.3) is 0 Å². The lowest BCUT2D eigenvalue weighted by Gasteiger charge is -2.25. The predicted molar refractivity (Wildman–Crippen MR) is 104 cm³/mol. The van der Waals surface area contributed by atoms with Gasteiger partial charge in [-0.3, -0.25) is 14.4 Å². The van der Waals surface area contributed by atoms with Crippen molar-refractivity contribution in [1.82, 2.24) is 20.2 Å².